The lowest BCUT2D eigenvalue weighted by Gasteiger charge is -2.34. The first-order valence-corrected chi connectivity index (χ1v) is 12.5. The summed E-state index contributed by atoms with van der Waals surface area (Å²) in [7, 11) is -2.97. The maximum atomic E-state index is 14.2. The summed E-state index contributed by atoms with van der Waals surface area (Å²) in [6.45, 7) is 0.0863. The third-order valence-electron chi connectivity index (χ3n) is 6.14. The lowest BCUT2D eigenvalue weighted by Crippen LogP contribution is -2.39. The van der Waals surface area contributed by atoms with Crippen LogP contribution in [0.15, 0.2) is 102 Å². The number of nitrogens with zero attached hydrogens (tertiary/aromatic N) is 2. The van der Waals surface area contributed by atoms with Gasteiger partial charge < -0.3 is 18.8 Å². The molecule has 9 heteroatoms. The summed E-state index contributed by atoms with van der Waals surface area (Å²) in [5.74, 6) is 0.294. The SMILES string of the molecule is COC(=O)C1=C(c2ccc3c(c2)OCO3)c2ccccc2S(=O)(=O)N1c1ccccc1-n1cccc1. The predicted octanol–water partition coefficient (Wildman–Crippen LogP) is 4.35. The van der Waals surface area contributed by atoms with Crippen molar-refractivity contribution in [2.45, 2.75) is 4.90 Å². The van der Waals surface area contributed by atoms with Crippen molar-refractivity contribution in [2.75, 3.05) is 18.2 Å². The highest BCUT2D eigenvalue weighted by Gasteiger charge is 2.43. The number of benzene rings is 3. The maximum Gasteiger partial charge on any atom is 0.356 e. The average Bonchev–Trinajstić information content (AvgIpc) is 3.60. The molecule has 4 aromatic rings. The Morgan fingerprint density at radius 2 is 1.56 bits per heavy atom. The average molecular weight is 501 g/mol. The Morgan fingerprint density at radius 1 is 0.861 bits per heavy atom. The van der Waals surface area contributed by atoms with E-state index in [1.807, 2.05) is 30.6 Å². The van der Waals surface area contributed by atoms with Crippen LogP contribution >= 0.6 is 0 Å². The lowest BCUT2D eigenvalue weighted by atomic mass is 9.94. The zero-order chi connectivity index (χ0) is 24.9. The van der Waals surface area contributed by atoms with E-state index in [4.69, 9.17) is 14.2 Å². The highest BCUT2D eigenvalue weighted by Crippen LogP contribution is 2.46. The van der Waals surface area contributed by atoms with E-state index in [1.54, 1.807) is 59.2 Å². The molecule has 3 aromatic carbocycles. The van der Waals surface area contributed by atoms with E-state index in [-0.39, 0.29) is 17.4 Å². The number of para-hydroxylation sites is 2. The molecule has 3 heterocycles. The zero-order valence-corrected chi connectivity index (χ0v) is 19.9. The van der Waals surface area contributed by atoms with Crippen molar-refractivity contribution in [2.24, 2.45) is 0 Å². The Bertz CT molecular complexity index is 1640. The molecule has 2 aliphatic heterocycles. The molecule has 36 heavy (non-hydrogen) atoms. The normalized spacial score (nSPS) is 15.5. The molecule has 2 aliphatic rings. The number of anilines is 1. The Kier molecular flexibility index (Phi) is 5.08. The van der Waals surface area contributed by atoms with Crippen LogP contribution in [0.1, 0.15) is 11.1 Å². The van der Waals surface area contributed by atoms with Gasteiger partial charge >= 0.3 is 5.97 Å². The lowest BCUT2D eigenvalue weighted by molar-refractivity contribution is -0.136. The number of carbonyl (C=O) groups excluding carboxylic acids is 1. The second-order valence-electron chi connectivity index (χ2n) is 8.13. The Hall–Kier alpha value is -4.50. The molecule has 0 amide bonds. The van der Waals surface area contributed by atoms with Crippen LogP contribution < -0.4 is 13.8 Å². The molecule has 0 unspecified atom stereocenters. The van der Waals surface area contributed by atoms with Crippen molar-refractivity contribution in [1.82, 2.24) is 4.57 Å². The van der Waals surface area contributed by atoms with Crippen molar-refractivity contribution in [3.8, 4) is 17.2 Å². The number of hydrogen-bond donors (Lipinski definition) is 0. The Balaban J connectivity index is 1.72. The van der Waals surface area contributed by atoms with E-state index >= 15 is 0 Å². The molecule has 0 bridgehead atoms. The van der Waals surface area contributed by atoms with Crippen LogP contribution in [0.25, 0.3) is 11.3 Å². The third kappa shape index (κ3) is 3.28. The van der Waals surface area contributed by atoms with Crippen LogP contribution in [-0.2, 0) is 19.6 Å². The molecule has 0 saturated heterocycles. The van der Waals surface area contributed by atoms with E-state index in [1.165, 1.54) is 13.2 Å². The van der Waals surface area contributed by atoms with Crippen LogP contribution in [0.4, 0.5) is 5.69 Å². The summed E-state index contributed by atoms with van der Waals surface area (Å²) in [5, 5.41) is 0. The standard InChI is InChI=1S/C27H20N2O6S/c1-33-27(30)26-25(18-12-13-22-23(16-18)35-17-34-22)19-8-2-5-11-24(19)36(31,32)29(26)21-10-4-3-9-20(21)28-14-6-7-15-28/h2-16H,17H2,1H3. The molecule has 0 N–H and O–H groups in total. The van der Waals surface area contributed by atoms with Crippen LogP contribution in [0, 0.1) is 0 Å². The van der Waals surface area contributed by atoms with E-state index < -0.39 is 16.0 Å². The van der Waals surface area contributed by atoms with Crippen molar-refractivity contribution >= 4 is 27.3 Å². The highest BCUT2D eigenvalue weighted by atomic mass is 32.2. The van der Waals surface area contributed by atoms with Gasteiger partial charge in [0, 0.05) is 23.5 Å². The largest absolute Gasteiger partial charge is 0.464 e. The number of methoxy groups -OCH3 is 1. The number of rotatable bonds is 4. The highest BCUT2D eigenvalue weighted by molar-refractivity contribution is 7.93. The van der Waals surface area contributed by atoms with Gasteiger partial charge in [-0.3, -0.25) is 0 Å². The van der Waals surface area contributed by atoms with Crippen LogP contribution in [0.2, 0.25) is 0 Å². The number of carbonyl (C=O) groups is 1. The van der Waals surface area contributed by atoms with E-state index in [0.717, 1.165) is 4.31 Å². The summed E-state index contributed by atoms with van der Waals surface area (Å²) in [6.07, 6.45) is 3.62. The van der Waals surface area contributed by atoms with Gasteiger partial charge in [0.1, 0.15) is 0 Å². The molecule has 6 rings (SSSR count). The topological polar surface area (TPSA) is 87.1 Å². The zero-order valence-electron chi connectivity index (χ0n) is 19.1. The number of ether oxygens (including phenoxy) is 3. The maximum absolute atomic E-state index is 14.2. The smallest absolute Gasteiger partial charge is 0.356 e. The first kappa shape index (κ1) is 22.0. The first-order valence-electron chi connectivity index (χ1n) is 11.1. The minimum absolute atomic E-state index is 0.0765. The molecule has 8 nitrogen and oxygen atoms in total. The molecular formula is C27H20N2O6S. The Labute approximate surface area is 207 Å². The molecule has 0 aliphatic carbocycles. The fraction of sp³-hybridized carbons (Fsp3) is 0.0741. The van der Waals surface area contributed by atoms with Gasteiger partial charge in [0.15, 0.2) is 17.2 Å². The van der Waals surface area contributed by atoms with Crippen molar-refractivity contribution in [3.63, 3.8) is 0 Å². The minimum atomic E-state index is -4.20. The monoisotopic (exact) mass is 500 g/mol. The number of aromatic nitrogens is 1. The van der Waals surface area contributed by atoms with Gasteiger partial charge in [0.05, 0.1) is 23.4 Å². The molecule has 180 valence electrons. The van der Waals surface area contributed by atoms with Crippen molar-refractivity contribution in [1.29, 1.82) is 0 Å². The second-order valence-corrected chi connectivity index (χ2v) is 9.88. The number of hydrogen-bond acceptors (Lipinski definition) is 6. The number of esters is 1. The molecule has 0 saturated carbocycles. The molecule has 0 radical (unpaired) electrons. The van der Waals surface area contributed by atoms with Gasteiger partial charge in [-0.15, -0.1) is 0 Å². The molecule has 0 spiro atoms. The van der Waals surface area contributed by atoms with Crippen molar-refractivity contribution in [3.05, 3.63) is 108 Å². The van der Waals surface area contributed by atoms with Gasteiger partial charge in [-0.25, -0.2) is 17.5 Å². The molecule has 0 atom stereocenters. The van der Waals surface area contributed by atoms with Crippen LogP contribution in [-0.4, -0.2) is 32.9 Å². The van der Waals surface area contributed by atoms with E-state index in [9.17, 15) is 13.2 Å². The van der Waals surface area contributed by atoms with Crippen LogP contribution in [0.3, 0.4) is 0 Å². The summed E-state index contributed by atoms with van der Waals surface area (Å²) in [4.78, 5) is 13.5. The van der Waals surface area contributed by atoms with Gasteiger partial charge in [-0.05, 0) is 48.0 Å². The number of sulfonamides is 1. The summed E-state index contributed by atoms with van der Waals surface area (Å²) < 4.78 is 47.3. The van der Waals surface area contributed by atoms with Crippen LogP contribution in [0.5, 0.6) is 11.5 Å². The fourth-order valence-electron chi connectivity index (χ4n) is 4.57. The van der Waals surface area contributed by atoms with Gasteiger partial charge in [0.2, 0.25) is 6.79 Å². The Morgan fingerprint density at radius 3 is 2.33 bits per heavy atom. The van der Waals surface area contributed by atoms with E-state index in [0.29, 0.717) is 39.6 Å². The van der Waals surface area contributed by atoms with Gasteiger partial charge in [-0.1, -0.05) is 36.4 Å². The third-order valence-corrected chi connectivity index (χ3v) is 7.91. The molecule has 1 aromatic heterocycles. The fourth-order valence-corrected chi connectivity index (χ4v) is 6.29. The first-order chi connectivity index (χ1) is 17.5. The summed E-state index contributed by atoms with van der Waals surface area (Å²) in [6, 6.07) is 22.6. The summed E-state index contributed by atoms with van der Waals surface area (Å²) >= 11 is 0. The van der Waals surface area contributed by atoms with E-state index in [2.05, 4.69) is 0 Å². The van der Waals surface area contributed by atoms with Crippen molar-refractivity contribution < 1.29 is 27.4 Å². The minimum Gasteiger partial charge on any atom is -0.464 e. The predicted molar refractivity (Wildman–Crippen MR) is 132 cm³/mol. The molecule has 0 fully saturated rings. The van der Waals surface area contributed by atoms with Gasteiger partial charge in [0.25, 0.3) is 10.0 Å². The van der Waals surface area contributed by atoms with Gasteiger partial charge in [-0.2, -0.15) is 0 Å². The molecular weight excluding hydrogens is 480 g/mol. The summed E-state index contributed by atoms with van der Waals surface area (Å²) in [5.41, 5.74) is 2.17. The number of fused-ring (bicyclic) bond motifs is 2. The second kappa shape index (κ2) is 8.31. The quantitative estimate of drug-likeness (QED) is 0.388.